The fraction of sp³-hybridized carbons (Fsp3) is 0.545. The number of halogens is 1. The molecule has 1 aromatic heterocycles. The molecule has 0 N–H and O–H groups in total. The molecule has 18 heavy (non-hydrogen) atoms. The van der Waals surface area contributed by atoms with Gasteiger partial charge in [-0.25, -0.2) is 13.4 Å². The van der Waals surface area contributed by atoms with Gasteiger partial charge in [0.2, 0.25) is 15.9 Å². The Bertz CT molecular complexity index is 553. The molecule has 0 aromatic carbocycles. The summed E-state index contributed by atoms with van der Waals surface area (Å²) < 4.78 is 30.8. The number of hydrogen-bond donors (Lipinski definition) is 0. The smallest absolute Gasteiger partial charge is 0.232 e. The molecule has 0 radical (unpaired) electrons. The molecular weight excluding hydrogens is 276 g/mol. The summed E-state index contributed by atoms with van der Waals surface area (Å²) in [7, 11) is -3.06. The fourth-order valence-corrected chi connectivity index (χ4v) is 3.94. The van der Waals surface area contributed by atoms with Gasteiger partial charge in [-0.2, -0.15) is 4.31 Å². The van der Waals surface area contributed by atoms with Gasteiger partial charge in [-0.1, -0.05) is 11.6 Å². The van der Waals surface area contributed by atoms with E-state index in [0.717, 1.165) is 12.8 Å². The Morgan fingerprint density at radius 2 is 2.11 bits per heavy atom. The van der Waals surface area contributed by atoms with Gasteiger partial charge in [0.15, 0.2) is 0 Å². The number of sulfonamides is 1. The second kappa shape index (κ2) is 4.36. The van der Waals surface area contributed by atoms with Gasteiger partial charge in [-0.05, 0) is 25.0 Å². The lowest BCUT2D eigenvalue weighted by Gasteiger charge is -2.37. The first-order valence-corrected chi connectivity index (χ1v) is 7.71. The van der Waals surface area contributed by atoms with E-state index >= 15 is 0 Å². The van der Waals surface area contributed by atoms with Crippen LogP contribution in [0.5, 0.6) is 5.88 Å². The third-order valence-electron chi connectivity index (χ3n) is 3.12. The van der Waals surface area contributed by atoms with Crippen LogP contribution in [-0.2, 0) is 10.0 Å². The van der Waals surface area contributed by atoms with Gasteiger partial charge in [0.1, 0.15) is 11.1 Å². The van der Waals surface area contributed by atoms with Crippen molar-refractivity contribution in [1.29, 1.82) is 0 Å². The largest absolute Gasteiger partial charge is 0.470 e. The summed E-state index contributed by atoms with van der Waals surface area (Å²) in [6.45, 7) is 0.789. The first-order valence-electron chi connectivity index (χ1n) is 5.83. The molecule has 2 heterocycles. The van der Waals surface area contributed by atoms with E-state index in [1.165, 1.54) is 4.31 Å². The van der Waals surface area contributed by atoms with E-state index in [2.05, 4.69) is 4.98 Å². The van der Waals surface area contributed by atoms with Crippen molar-refractivity contribution < 1.29 is 13.2 Å². The maximum absolute atomic E-state index is 11.9. The minimum Gasteiger partial charge on any atom is -0.470 e. The summed E-state index contributed by atoms with van der Waals surface area (Å²) in [5.41, 5.74) is 0. The lowest BCUT2D eigenvalue weighted by molar-refractivity contribution is 0.0721. The molecule has 1 aliphatic heterocycles. The minimum absolute atomic E-state index is 0.147. The molecule has 5 nitrogen and oxygen atoms in total. The van der Waals surface area contributed by atoms with Crippen molar-refractivity contribution in [2.45, 2.75) is 24.2 Å². The zero-order valence-electron chi connectivity index (χ0n) is 9.62. The molecule has 2 aliphatic rings. The molecule has 0 amide bonds. The monoisotopic (exact) mass is 288 g/mol. The highest BCUT2D eigenvalue weighted by molar-refractivity contribution is 7.90. The number of ether oxygens (including phenoxy) is 1. The molecule has 3 rings (SSSR count). The molecule has 1 saturated carbocycles. The molecule has 0 unspecified atom stereocenters. The molecule has 1 aliphatic carbocycles. The first kappa shape index (κ1) is 12.2. The SMILES string of the molecule is O=S(=O)(C1CC1)N1CC(Oc2ncccc2Cl)C1. The summed E-state index contributed by atoms with van der Waals surface area (Å²) in [5.74, 6) is 0.368. The Balaban J connectivity index is 1.58. The van der Waals surface area contributed by atoms with Crippen LogP contribution in [0.15, 0.2) is 18.3 Å². The third kappa shape index (κ3) is 2.20. The molecule has 1 saturated heterocycles. The van der Waals surface area contributed by atoms with Gasteiger partial charge in [0.25, 0.3) is 0 Å². The Labute approximate surface area is 111 Å². The second-order valence-electron chi connectivity index (χ2n) is 4.59. The Kier molecular flexibility index (Phi) is 2.96. The molecule has 98 valence electrons. The van der Waals surface area contributed by atoms with Crippen LogP contribution in [0.25, 0.3) is 0 Å². The molecule has 1 aromatic rings. The summed E-state index contributed by atoms with van der Waals surface area (Å²) in [4.78, 5) is 4.01. The topological polar surface area (TPSA) is 59.5 Å². The van der Waals surface area contributed by atoms with E-state index in [9.17, 15) is 8.42 Å². The van der Waals surface area contributed by atoms with E-state index in [4.69, 9.17) is 16.3 Å². The van der Waals surface area contributed by atoms with Crippen LogP contribution in [0.2, 0.25) is 5.02 Å². The van der Waals surface area contributed by atoms with Crippen molar-refractivity contribution >= 4 is 21.6 Å². The van der Waals surface area contributed by atoms with Crippen molar-refractivity contribution in [3.63, 3.8) is 0 Å². The Morgan fingerprint density at radius 3 is 2.72 bits per heavy atom. The van der Waals surface area contributed by atoms with Crippen LogP contribution in [0.4, 0.5) is 0 Å². The zero-order valence-corrected chi connectivity index (χ0v) is 11.2. The average molecular weight is 289 g/mol. The van der Waals surface area contributed by atoms with Crippen LogP contribution in [-0.4, -0.2) is 42.2 Å². The maximum Gasteiger partial charge on any atom is 0.232 e. The quantitative estimate of drug-likeness (QED) is 0.838. The van der Waals surface area contributed by atoms with Gasteiger partial charge in [-0.3, -0.25) is 0 Å². The highest BCUT2D eigenvalue weighted by Crippen LogP contribution is 2.34. The van der Waals surface area contributed by atoms with E-state index in [1.54, 1.807) is 18.3 Å². The maximum atomic E-state index is 11.9. The average Bonchev–Trinajstić information content (AvgIpc) is 3.08. The summed E-state index contributed by atoms with van der Waals surface area (Å²) in [5, 5.41) is 0.290. The van der Waals surface area contributed by atoms with Crippen molar-refractivity contribution in [2.75, 3.05) is 13.1 Å². The molecule has 2 fully saturated rings. The van der Waals surface area contributed by atoms with Crippen LogP contribution >= 0.6 is 11.6 Å². The third-order valence-corrected chi connectivity index (χ3v) is 5.74. The predicted octanol–water partition coefficient (Wildman–Crippen LogP) is 1.29. The second-order valence-corrected chi connectivity index (χ2v) is 7.21. The molecule has 0 spiro atoms. The predicted molar refractivity (Wildman–Crippen MR) is 67.2 cm³/mol. The van der Waals surface area contributed by atoms with Crippen molar-refractivity contribution in [1.82, 2.24) is 9.29 Å². The molecule has 0 atom stereocenters. The van der Waals surface area contributed by atoms with Crippen LogP contribution in [0.1, 0.15) is 12.8 Å². The van der Waals surface area contributed by atoms with Crippen molar-refractivity contribution in [2.24, 2.45) is 0 Å². The standard InChI is InChI=1S/C11H13ClN2O3S/c12-10-2-1-5-13-11(10)17-8-6-14(7-8)18(15,16)9-3-4-9/h1-2,5,8-9H,3-4,6-7H2. The normalized spacial score (nSPS) is 21.6. The summed E-state index contributed by atoms with van der Waals surface area (Å²) in [6, 6.07) is 3.42. The van der Waals surface area contributed by atoms with Crippen LogP contribution in [0, 0.1) is 0 Å². The van der Waals surface area contributed by atoms with Crippen molar-refractivity contribution in [3.05, 3.63) is 23.4 Å². The lowest BCUT2D eigenvalue weighted by atomic mass is 10.2. The number of hydrogen-bond acceptors (Lipinski definition) is 4. The molecule has 7 heteroatoms. The van der Waals surface area contributed by atoms with Crippen molar-refractivity contribution in [3.8, 4) is 5.88 Å². The van der Waals surface area contributed by atoms with Crippen LogP contribution in [0.3, 0.4) is 0 Å². The fourth-order valence-electron chi connectivity index (χ4n) is 1.88. The summed E-state index contributed by atoms with van der Waals surface area (Å²) >= 11 is 5.92. The van der Waals surface area contributed by atoms with Crippen LogP contribution < -0.4 is 4.74 Å². The van der Waals surface area contributed by atoms with E-state index in [-0.39, 0.29) is 11.4 Å². The highest BCUT2D eigenvalue weighted by Gasteiger charge is 2.46. The Morgan fingerprint density at radius 1 is 1.39 bits per heavy atom. The van der Waals surface area contributed by atoms with Gasteiger partial charge >= 0.3 is 0 Å². The number of pyridine rings is 1. The van der Waals surface area contributed by atoms with Gasteiger partial charge in [-0.15, -0.1) is 0 Å². The van der Waals surface area contributed by atoms with Gasteiger partial charge < -0.3 is 4.74 Å². The van der Waals surface area contributed by atoms with E-state index in [0.29, 0.717) is 24.0 Å². The van der Waals surface area contributed by atoms with Gasteiger partial charge in [0, 0.05) is 6.20 Å². The summed E-state index contributed by atoms with van der Waals surface area (Å²) in [6.07, 6.45) is 3.02. The van der Waals surface area contributed by atoms with E-state index < -0.39 is 10.0 Å². The minimum atomic E-state index is -3.06. The number of aromatic nitrogens is 1. The highest BCUT2D eigenvalue weighted by atomic mass is 35.5. The molecular formula is C11H13ClN2O3S. The van der Waals surface area contributed by atoms with Gasteiger partial charge in [0.05, 0.1) is 18.3 Å². The number of rotatable bonds is 4. The Hall–Kier alpha value is -0.850. The zero-order chi connectivity index (χ0) is 12.8. The number of nitrogens with zero attached hydrogens (tertiary/aromatic N) is 2. The first-order chi connectivity index (χ1) is 8.57. The van der Waals surface area contributed by atoms with E-state index in [1.807, 2.05) is 0 Å². The lowest BCUT2D eigenvalue weighted by Crippen LogP contribution is -2.56. The molecule has 0 bridgehead atoms.